The van der Waals surface area contributed by atoms with Gasteiger partial charge in [0, 0.05) is 30.1 Å². The highest BCUT2D eigenvalue weighted by Crippen LogP contribution is 2.22. The van der Waals surface area contributed by atoms with Gasteiger partial charge in [-0.05, 0) is 43.2 Å². The maximum Gasteiger partial charge on any atom is 0.326 e. The van der Waals surface area contributed by atoms with Crippen molar-refractivity contribution < 1.29 is 34.2 Å². The summed E-state index contributed by atoms with van der Waals surface area (Å²) < 4.78 is 0. The first-order valence-corrected chi connectivity index (χ1v) is 12.7. The van der Waals surface area contributed by atoms with Crippen LogP contribution in [-0.2, 0) is 30.4 Å². The van der Waals surface area contributed by atoms with Crippen LogP contribution in [0.2, 0.25) is 0 Å². The molecule has 0 bridgehead atoms. The van der Waals surface area contributed by atoms with Crippen LogP contribution in [0.25, 0.3) is 10.9 Å². The predicted octanol–water partition coefficient (Wildman–Crippen LogP) is 0.604. The Morgan fingerprint density at radius 1 is 1.13 bits per heavy atom. The topological polar surface area (TPSA) is 195 Å². The second kappa shape index (κ2) is 12.5. The lowest BCUT2D eigenvalue weighted by Crippen LogP contribution is -2.57. The maximum absolute atomic E-state index is 13.2. The van der Waals surface area contributed by atoms with Gasteiger partial charge in [-0.1, -0.05) is 32.0 Å². The number of hydrogen-bond acceptors (Lipinski definition) is 6. The van der Waals surface area contributed by atoms with E-state index in [4.69, 9.17) is 10.8 Å². The van der Waals surface area contributed by atoms with Crippen LogP contribution in [0.4, 0.5) is 0 Å². The van der Waals surface area contributed by atoms with Gasteiger partial charge >= 0.3 is 11.9 Å². The number of likely N-dealkylation sites (tertiary alicyclic amines) is 1. The Morgan fingerprint density at radius 3 is 2.50 bits per heavy atom. The lowest BCUT2D eigenvalue weighted by atomic mass is 10.0. The van der Waals surface area contributed by atoms with Crippen molar-refractivity contribution in [3.8, 4) is 0 Å². The summed E-state index contributed by atoms with van der Waals surface area (Å²) in [6.07, 6.45) is 2.33. The number of nitrogens with two attached hydrogens (primary N) is 1. The summed E-state index contributed by atoms with van der Waals surface area (Å²) >= 11 is 0. The average molecular weight is 530 g/mol. The number of aromatic nitrogens is 1. The molecular weight excluding hydrogens is 494 g/mol. The first-order valence-electron chi connectivity index (χ1n) is 12.7. The number of hydrogen-bond donors (Lipinski definition) is 6. The molecule has 1 aliphatic heterocycles. The third-order valence-electron chi connectivity index (χ3n) is 6.78. The summed E-state index contributed by atoms with van der Waals surface area (Å²) in [4.78, 5) is 66.5. The molecule has 12 heteroatoms. The standard InChI is InChI=1S/C26H35N5O7/c1-14(2)22(26(37)38)30-23(34)19(9-10-21(32)33)29-24(35)20-8-5-11-31(20)25(36)17(27)12-15-13-28-18-7-4-3-6-16(15)18/h3-4,6-7,13-14,17,19-20,22,28H,5,8-12,27H2,1-2H3,(H,29,35)(H,30,34)(H,32,33)(H,37,38). The molecule has 2 heterocycles. The number of para-hydroxylation sites is 1. The largest absolute Gasteiger partial charge is 0.481 e. The first-order chi connectivity index (χ1) is 18.0. The molecule has 0 radical (unpaired) electrons. The van der Waals surface area contributed by atoms with E-state index in [9.17, 15) is 29.1 Å². The molecule has 7 N–H and O–H groups in total. The number of aliphatic carboxylic acids is 2. The van der Waals surface area contributed by atoms with E-state index < -0.39 is 66.2 Å². The van der Waals surface area contributed by atoms with Gasteiger partial charge in [0.25, 0.3) is 0 Å². The highest BCUT2D eigenvalue weighted by Gasteiger charge is 2.38. The Bertz CT molecular complexity index is 1190. The van der Waals surface area contributed by atoms with Crippen LogP contribution in [0.1, 0.15) is 45.1 Å². The van der Waals surface area contributed by atoms with E-state index in [1.165, 1.54) is 4.90 Å². The summed E-state index contributed by atoms with van der Waals surface area (Å²) in [6, 6.07) is 3.38. The molecule has 0 aliphatic carbocycles. The van der Waals surface area contributed by atoms with Crippen molar-refractivity contribution in [2.75, 3.05) is 6.54 Å². The van der Waals surface area contributed by atoms with Gasteiger partial charge in [-0.2, -0.15) is 0 Å². The molecule has 0 spiro atoms. The van der Waals surface area contributed by atoms with Crippen LogP contribution < -0.4 is 16.4 Å². The Morgan fingerprint density at radius 2 is 1.84 bits per heavy atom. The first kappa shape index (κ1) is 28.6. The molecule has 2 aromatic rings. The van der Waals surface area contributed by atoms with Crippen LogP contribution in [0.15, 0.2) is 30.5 Å². The van der Waals surface area contributed by atoms with Gasteiger partial charge in [0.05, 0.1) is 6.04 Å². The van der Waals surface area contributed by atoms with Crippen LogP contribution in [-0.4, -0.2) is 80.5 Å². The number of carboxylic acid groups (broad SMARTS) is 2. The average Bonchev–Trinajstić information content (AvgIpc) is 3.51. The van der Waals surface area contributed by atoms with Crippen molar-refractivity contribution in [3.05, 3.63) is 36.0 Å². The lowest BCUT2D eigenvalue weighted by Gasteiger charge is -2.29. The number of carbonyl (C=O) groups excluding carboxylic acids is 3. The number of fused-ring (bicyclic) bond motifs is 1. The number of benzene rings is 1. The second-order valence-electron chi connectivity index (χ2n) is 9.92. The molecule has 1 aromatic carbocycles. The fourth-order valence-corrected chi connectivity index (χ4v) is 4.71. The minimum Gasteiger partial charge on any atom is -0.481 e. The van der Waals surface area contributed by atoms with E-state index in [1.807, 2.05) is 24.3 Å². The van der Waals surface area contributed by atoms with Gasteiger partial charge in [-0.15, -0.1) is 0 Å². The normalized spacial score (nSPS) is 17.7. The summed E-state index contributed by atoms with van der Waals surface area (Å²) in [5.74, 6) is -4.66. The van der Waals surface area contributed by atoms with Gasteiger partial charge in [0.2, 0.25) is 17.7 Å². The zero-order valence-corrected chi connectivity index (χ0v) is 21.5. The third kappa shape index (κ3) is 6.88. The predicted molar refractivity (Wildman–Crippen MR) is 138 cm³/mol. The monoisotopic (exact) mass is 529 g/mol. The summed E-state index contributed by atoms with van der Waals surface area (Å²) in [6.45, 7) is 3.55. The zero-order valence-electron chi connectivity index (χ0n) is 21.5. The highest BCUT2D eigenvalue weighted by atomic mass is 16.4. The van der Waals surface area contributed by atoms with Gasteiger partial charge in [0.1, 0.15) is 18.1 Å². The molecule has 206 valence electrons. The second-order valence-corrected chi connectivity index (χ2v) is 9.92. The molecule has 3 amide bonds. The van der Waals surface area contributed by atoms with Crippen molar-refractivity contribution >= 4 is 40.6 Å². The quantitative estimate of drug-likeness (QED) is 0.230. The Hall–Kier alpha value is -3.93. The minimum atomic E-state index is -1.28. The number of nitrogens with one attached hydrogen (secondary N) is 3. The number of carbonyl (C=O) groups is 5. The third-order valence-corrected chi connectivity index (χ3v) is 6.78. The SMILES string of the molecule is CC(C)C(NC(=O)C(CCC(=O)O)NC(=O)C1CCCN1C(=O)C(N)Cc1c[nH]c2ccccc12)C(=O)O. The molecule has 0 saturated carbocycles. The fraction of sp³-hybridized carbons (Fsp3) is 0.500. The molecule has 1 aromatic heterocycles. The number of amides is 3. The molecule has 1 saturated heterocycles. The molecule has 38 heavy (non-hydrogen) atoms. The van der Waals surface area contributed by atoms with E-state index in [0.29, 0.717) is 19.4 Å². The van der Waals surface area contributed by atoms with Crippen molar-refractivity contribution in [3.63, 3.8) is 0 Å². The van der Waals surface area contributed by atoms with E-state index in [2.05, 4.69) is 15.6 Å². The molecular formula is C26H35N5O7. The summed E-state index contributed by atoms with van der Waals surface area (Å²) in [5.41, 5.74) is 8.07. The number of nitrogens with zero attached hydrogens (tertiary/aromatic N) is 1. The van der Waals surface area contributed by atoms with Crippen molar-refractivity contribution in [2.45, 2.75) is 70.1 Å². The number of rotatable bonds is 12. The van der Waals surface area contributed by atoms with E-state index in [1.54, 1.807) is 20.0 Å². The summed E-state index contributed by atoms with van der Waals surface area (Å²) in [7, 11) is 0. The minimum absolute atomic E-state index is 0.238. The molecule has 12 nitrogen and oxygen atoms in total. The Balaban J connectivity index is 1.69. The van der Waals surface area contributed by atoms with E-state index >= 15 is 0 Å². The highest BCUT2D eigenvalue weighted by molar-refractivity contribution is 5.95. The molecule has 4 unspecified atom stereocenters. The van der Waals surface area contributed by atoms with Crippen LogP contribution in [0, 0.1) is 5.92 Å². The van der Waals surface area contributed by atoms with Gasteiger partial charge in [-0.3, -0.25) is 19.2 Å². The summed E-state index contributed by atoms with van der Waals surface area (Å²) in [5, 5.41) is 24.4. The van der Waals surface area contributed by atoms with Crippen LogP contribution >= 0.6 is 0 Å². The van der Waals surface area contributed by atoms with Crippen molar-refractivity contribution in [2.24, 2.45) is 11.7 Å². The number of aromatic amines is 1. The van der Waals surface area contributed by atoms with Crippen LogP contribution in [0.3, 0.4) is 0 Å². The Kier molecular flexibility index (Phi) is 9.45. The van der Waals surface area contributed by atoms with E-state index in [0.717, 1.165) is 16.5 Å². The van der Waals surface area contributed by atoms with Gasteiger partial charge < -0.3 is 36.5 Å². The Labute approximate surface area is 219 Å². The molecule has 4 atom stereocenters. The zero-order chi connectivity index (χ0) is 28.0. The van der Waals surface area contributed by atoms with Crippen molar-refractivity contribution in [1.82, 2.24) is 20.5 Å². The lowest BCUT2D eigenvalue weighted by molar-refractivity contribution is -0.144. The van der Waals surface area contributed by atoms with Crippen molar-refractivity contribution in [1.29, 1.82) is 0 Å². The van der Waals surface area contributed by atoms with Crippen LogP contribution in [0.5, 0.6) is 0 Å². The molecule has 1 fully saturated rings. The van der Waals surface area contributed by atoms with E-state index in [-0.39, 0.29) is 12.8 Å². The number of carboxylic acids is 2. The fourth-order valence-electron chi connectivity index (χ4n) is 4.71. The molecule has 1 aliphatic rings. The van der Waals surface area contributed by atoms with Gasteiger partial charge in [-0.25, -0.2) is 4.79 Å². The molecule has 3 rings (SSSR count). The number of H-pyrrole nitrogens is 1. The maximum atomic E-state index is 13.2. The smallest absolute Gasteiger partial charge is 0.326 e. The van der Waals surface area contributed by atoms with Gasteiger partial charge in [0.15, 0.2) is 0 Å².